The molecule has 20 heavy (non-hydrogen) atoms. The van der Waals surface area contributed by atoms with E-state index >= 15 is 0 Å². The summed E-state index contributed by atoms with van der Waals surface area (Å²) in [7, 11) is -4.14. The van der Waals surface area contributed by atoms with Gasteiger partial charge < -0.3 is 6.74 Å². The van der Waals surface area contributed by atoms with E-state index in [4.69, 9.17) is 16.2 Å². The minimum Gasteiger partial charge on any atom is -1.00 e. The SMILES string of the molecule is O=S(=O)(O)c1ccc(NCc2cccc(Cl)c2)cc1.[H-].[Na+]. The van der Waals surface area contributed by atoms with Crippen LogP contribution < -0.4 is 34.9 Å². The Bertz CT molecular complexity index is 680. The third kappa shape index (κ3) is 5.09. The number of hydrogen-bond acceptors (Lipinski definition) is 3. The summed E-state index contributed by atoms with van der Waals surface area (Å²) in [5.74, 6) is 0. The second kappa shape index (κ2) is 7.45. The van der Waals surface area contributed by atoms with Crippen LogP contribution in [0.5, 0.6) is 0 Å². The van der Waals surface area contributed by atoms with Crippen LogP contribution in [-0.2, 0) is 16.7 Å². The van der Waals surface area contributed by atoms with E-state index in [2.05, 4.69) is 5.32 Å². The van der Waals surface area contributed by atoms with Gasteiger partial charge in [0, 0.05) is 17.3 Å². The fourth-order valence-corrected chi connectivity index (χ4v) is 2.29. The van der Waals surface area contributed by atoms with Crippen molar-refractivity contribution in [2.75, 3.05) is 5.32 Å². The van der Waals surface area contributed by atoms with Gasteiger partial charge in [0.05, 0.1) is 4.90 Å². The molecule has 7 heteroatoms. The van der Waals surface area contributed by atoms with Crippen LogP contribution in [0.2, 0.25) is 5.02 Å². The van der Waals surface area contributed by atoms with E-state index in [0.29, 0.717) is 11.6 Å². The number of rotatable bonds is 4. The summed E-state index contributed by atoms with van der Waals surface area (Å²) in [6.45, 7) is 0.575. The normalized spacial score (nSPS) is 10.7. The van der Waals surface area contributed by atoms with Gasteiger partial charge in [0.15, 0.2) is 0 Å². The molecule has 0 aromatic heterocycles. The van der Waals surface area contributed by atoms with E-state index in [9.17, 15) is 8.42 Å². The van der Waals surface area contributed by atoms with E-state index in [1.54, 1.807) is 18.2 Å². The van der Waals surface area contributed by atoms with Gasteiger partial charge in [0.2, 0.25) is 0 Å². The molecule has 0 aliphatic heterocycles. The molecule has 0 spiro atoms. The van der Waals surface area contributed by atoms with Crippen LogP contribution >= 0.6 is 11.6 Å². The summed E-state index contributed by atoms with van der Waals surface area (Å²) in [6, 6.07) is 13.3. The molecule has 0 aliphatic carbocycles. The molecule has 2 rings (SSSR count). The van der Waals surface area contributed by atoms with Gasteiger partial charge in [-0.3, -0.25) is 4.55 Å². The molecule has 0 atom stereocenters. The van der Waals surface area contributed by atoms with Crippen LogP contribution in [0.25, 0.3) is 0 Å². The third-order valence-electron chi connectivity index (χ3n) is 2.54. The molecule has 0 amide bonds. The Morgan fingerprint density at radius 3 is 2.35 bits per heavy atom. The fraction of sp³-hybridized carbons (Fsp3) is 0.0769. The number of hydrogen-bond donors (Lipinski definition) is 2. The minimum atomic E-state index is -4.14. The van der Waals surface area contributed by atoms with E-state index in [0.717, 1.165) is 11.3 Å². The zero-order valence-corrected chi connectivity index (χ0v) is 14.4. The van der Waals surface area contributed by atoms with Crippen LogP contribution in [0, 0.1) is 0 Å². The summed E-state index contributed by atoms with van der Waals surface area (Å²) < 4.78 is 30.6. The van der Waals surface area contributed by atoms with Crippen LogP contribution in [-0.4, -0.2) is 13.0 Å². The standard InChI is InChI=1S/C13H12ClNO3S.Na.H/c14-11-3-1-2-10(8-11)9-15-12-4-6-13(7-5-12)19(16,17)18;;/h1-8,15H,9H2,(H,16,17,18);;/q;+1;-1. The molecule has 102 valence electrons. The molecule has 4 nitrogen and oxygen atoms in total. The predicted octanol–water partition coefficient (Wildman–Crippen LogP) is 0.315. The molecule has 0 fully saturated rings. The van der Waals surface area contributed by atoms with Gasteiger partial charge in [-0.15, -0.1) is 0 Å². The second-order valence-corrected chi connectivity index (χ2v) is 5.84. The summed E-state index contributed by atoms with van der Waals surface area (Å²) in [6.07, 6.45) is 0. The smallest absolute Gasteiger partial charge is 1.00 e. The molecule has 2 aromatic carbocycles. The molecule has 0 saturated carbocycles. The molecule has 0 aliphatic rings. The van der Waals surface area contributed by atoms with Crippen molar-refractivity contribution < 1.29 is 44.0 Å². The molecule has 0 saturated heterocycles. The Balaban J connectivity index is 0.00000200. The van der Waals surface area contributed by atoms with Crippen molar-refractivity contribution in [2.45, 2.75) is 11.4 Å². The minimum absolute atomic E-state index is 0. The number of nitrogens with one attached hydrogen (secondary N) is 1. The van der Waals surface area contributed by atoms with Gasteiger partial charge in [-0.25, -0.2) is 0 Å². The molecule has 0 unspecified atom stereocenters. The first-order chi connectivity index (χ1) is 8.95. The average molecular weight is 322 g/mol. The Labute approximate surface area is 146 Å². The molecule has 0 radical (unpaired) electrons. The summed E-state index contributed by atoms with van der Waals surface area (Å²) in [5, 5.41) is 3.80. The Kier molecular flexibility index (Phi) is 6.51. The first-order valence-electron chi connectivity index (χ1n) is 5.51. The maximum absolute atomic E-state index is 10.9. The van der Waals surface area contributed by atoms with E-state index in [-0.39, 0.29) is 35.9 Å². The zero-order valence-electron chi connectivity index (χ0n) is 11.9. The Hall–Kier alpha value is -0.560. The van der Waals surface area contributed by atoms with Gasteiger partial charge in [-0.1, -0.05) is 23.7 Å². The van der Waals surface area contributed by atoms with Crippen molar-refractivity contribution in [3.63, 3.8) is 0 Å². The summed E-state index contributed by atoms with van der Waals surface area (Å²) in [4.78, 5) is -0.124. The topological polar surface area (TPSA) is 66.4 Å². The summed E-state index contributed by atoms with van der Waals surface area (Å²) in [5.41, 5.74) is 1.78. The van der Waals surface area contributed by atoms with Crippen molar-refractivity contribution in [1.82, 2.24) is 0 Å². The Morgan fingerprint density at radius 2 is 1.80 bits per heavy atom. The maximum Gasteiger partial charge on any atom is 1.00 e. The van der Waals surface area contributed by atoms with Gasteiger partial charge in [0.25, 0.3) is 10.1 Å². The van der Waals surface area contributed by atoms with E-state index in [1.807, 2.05) is 18.2 Å². The second-order valence-electron chi connectivity index (χ2n) is 3.98. The molecule has 0 bridgehead atoms. The number of benzene rings is 2. The molecular formula is C13H13ClNNaO3S. The van der Waals surface area contributed by atoms with Crippen molar-refractivity contribution in [1.29, 1.82) is 0 Å². The van der Waals surface area contributed by atoms with Crippen molar-refractivity contribution in [2.24, 2.45) is 0 Å². The molecule has 2 aromatic rings. The largest absolute Gasteiger partial charge is 1.00 e. The molecular weight excluding hydrogens is 309 g/mol. The third-order valence-corrected chi connectivity index (χ3v) is 3.64. The van der Waals surface area contributed by atoms with Crippen LogP contribution in [0.3, 0.4) is 0 Å². The van der Waals surface area contributed by atoms with Crippen molar-refractivity contribution in [3.05, 3.63) is 59.1 Å². The fourth-order valence-electron chi connectivity index (χ4n) is 1.60. The maximum atomic E-state index is 10.9. The van der Waals surface area contributed by atoms with Crippen LogP contribution in [0.4, 0.5) is 5.69 Å². The first kappa shape index (κ1) is 17.5. The number of halogens is 1. The van der Waals surface area contributed by atoms with Gasteiger partial charge in [-0.05, 0) is 42.0 Å². The quantitative estimate of drug-likeness (QED) is 0.628. The van der Waals surface area contributed by atoms with Crippen LogP contribution in [0.15, 0.2) is 53.4 Å². The summed E-state index contributed by atoms with van der Waals surface area (Å²) >= 11 is 5.88. The van der Waals surface area contributed by atoms with Crippen molar-refractivity contribution >= 4 is 27.4 Å². The monoisotopic (exact) mass is 321 g/mol. The Morgan fingerprint density at radius 1 is 1.15 bits per heavy atom. The average Bonchev–Trinajstić information content (AvgIpc) is 2.36. The molecule has 2 N–H and O–H groups in total. The first-order valence-corrected chi connectivity index (χ1v) is 7.33. The number of anilines is 1. The van der Waals surface area contributed by atoms with E-state index in [1.165, 1.54) is 12.1 Å². The van der Waals surface area contributed by atoms with Crippen LogP contribution in [0.1, 0.15) is 6.99 Å². The van der Waals surface area contributed by atoms with Gasteiger partial charge in [0.1, 0.15) is 0 Å². The molecule has 0 heterocycles. The van der Waals surface area contributed by atoms with E-state index < -0.39 is 10.1 Å². The zero-order chi connectivity index (χ0) is 13.9. The predicted molar refractivity (Wildman–Crippen MR) is 76.1 cm³/mol. The van der Waals surface area contributed by atoms with Gasteiger partial charge in [-0.2, -0.15) is 8.42 Å². The van der Waals surface area contributed by atoms with Gasteiger partial charge >= 0.3 is 29.6 Å². The van der Waals surface area contributed by atoms with Crippen molar-refractivity contribution in [3.8, 4) is 0 Å².